The van der Waals surface area contributed by atoms with Crippen molar-refractivity contribution in [3.63, 3.8) is 0 Å². The maximum absolute atomic E-state index is 2.55. The highest BCUT2D eigenvalue weighted by molar-refractivity contribution is 8.12. The van der Waals surface area contributed by atoms with Crippen molar-refractivity contribution in [1.29, 1.82) is 0 Å². The summed E-state index contributed by atoms with van der Waals surface area (Å²) in [7, 11) is 0. The van der Waals surface area contributed by atoms with Gasteiger partial charge >= 0.3 is 0 Å². The molecule has 0 radical (unpaired) electrons. The van der Waals surface area contributed by atoms with Gasteiger partial charge in [-0.25, -0.2) is 9.15 Å². The van der Waals surface area contributed by atoms with Crippen molar-refractivity contribution >= 4 is 34.6 Å². The summed E-state index contributed by atoms with van der Waals surface area (Å²) in [5.41, 5.74) is 4.83. The molecule has 182 valence electrons. The second kappa shape index (κ2) is 30.0. The van der Waals surface area contributed by atoms with Crippen molar-refractivity contribution in [3.8, 4) is 0 Å². The molecule has 6 heteroatoms. The van der Waals surface area contributed by atoms with Gasteiger partial charge in [-0.3, -0.25) is 0 Å². The van der Waals surface area contributed by atoms with E-state index in [2.05, 4.69) is 47.9 Å². The van der Waals surface area contributed by atoms with Crippen LogP contribution in [0, 0.1) is 0 Å². The minimum atomic E-state index is 0. The lowest BCUT2D eigenvalue weighted by Gasteiger charge is -2.03. The molecule has 0 unspecified atom stereocenters. The minimum Gasteiger partial charge on any atom is -1.00 e. The molecule has 0 aromatic carbocycles. The van der Waals surface area contributed by atoms with Crippen LogP contribution >= 0.6 is 23.5 Å². The summed E-state index contributed by atoms with van der Waals surface area (Å²) in [4.78, 5) is 0. The summed E-state index contributed by atoms with van der Waals surface area (Å²) in [6.45, 7) is 14.1. The van der Waals surface area contributed by atoms with Crippen LogP contribution in [-0.4, -0.2) is 57.9 Å². The van der Waals surface area contributed by atoms with E-state index in [0.717, 1.165) is 0 Å². The van der Waals surface area contributed by atoms with Gasteiger partial charge in [-0.05, 0) is 12.8 Å². The molecular formula is C24H50Br2N2S2. The highest BCUT2D eigenvalue weighted by Gasteiger charge is 2.04. The SMILES string of the molecule is CCCC[N+](=CSCCCCCCSC=[N+](CCCC)CCCC)CCCC.[Br-].[Br-]. The Hall–Kier alpha value is 1.000. The van der Waals surface area contributed by atoms with Crippen molar-refractivity contribution in [2.45, 2.75) is 105 Å². The summed E-state index contributed by atoms with van der Waals surface area (Å²) in [6, 6.07) is 0. The fraction of sp³-hybridized carbons (Fsp3) is 0.917. The molecule has 0 rings (SSSR count). The van der Waals surface area contributed by atoms with Gasteiger partial charge in [-0.2, -0.15) is 0 Å². The molecule has 2 nitrogen and oxygen atoms in total. The lowest BCUT2D eigenvalue weighted by molar-refractivity contribution is -0.522. The Morgan fingerprint density at radius 3 is 1.03 bits per heavy atom. The quantitative estimate of drug-likeness (QED) is 0.0861. The highest BCUT2D eigenvalue weighted by Crippen LogP contribution is 2.09. The molecule has 30 heavy (non-hydrogen) atoms. The first-order chi connectivity index (χ1) is 13.8. The van der Waals surface area contributed by atoms with E-state index < -0.39 is 0 Å². The maximum atomic E-state index is 2.55. The molecule has 0 aromatic heterocycles. The van der Waals surface area contributed by atoms with Gasteiger partial charge in [0.25, 0.3) is 0 Å². The Morgan fingerprint density at radius 2 is 0.767 bits per heavy atom. The van der Waals surface area contributed by atoms with Crippen LogP contribution in [0.4, 0.5) is 0 Å². The summed E-state index contributed by atoms with van der Waals surface area (Å²) < 4.78 is 5.10. The predicted octanol–water partition coefficient (Wildman–Crippen LogP) is 1.30. The standard InChI is InChI=1S/C24H50N2S2.2BrH/c1-5-9-17-25(18-10-6-2)23-27-21-15-13-14-16-22-28-24-26(19-11-7-3)20-12-8-4;;/h23-24H,5-22H2,1-4H3;2*1H/q+2;;/p-2. The van der Waals surface area contributed by atoms with Gasteiger partial charge in [0.1, 0.15) is 26.2 Å². The van der Waals surface area contributed by atoms with Crippen LogP contribution in [0.25, 0.3) is 0 Å². The number of hydrogen-bond acceptors (Lipinski definition) is 2. The summed E-state index contributed by atoms with van der Waals surface area (Å²) in [5.74, 6) is 2.58. The molecule has 0 saturated carbocycles. The minimum absolute atomic E-state index is 0. The first kappa shape index (κ1) is 35.6. The first-order valence-electron chi connectivity index (χ1n) is 12.2. The fourth-order valence-corrected chi connectivity index (χ4v) is 4.72. The summed E-state index contributed by atoms with van der Waals surface area (Å²) >= 11 is 4.06. The second-order valence-electron chi connectivity index (χ2n) is 7.85. The van der Waals surface area contributed by atoms with E-state index in [1.165, 1.54) is 115 Å². The van der Waals surface area contributed by atoms with E-state index in [1.54, 1.807) is 0 Å². The van der Waals surface area contributed by atoms with E-state index in [4.69, 9.17) is 0 Å². The topological polar surface area (TPSA) is 6.02 Å². The van der Waals surface area contributed by atoms with Gasteiger partial charge in [0.2, 0.25) is 0 Å². The van der Waals surface area contributed by atoms with Crippen LogP contribution in [0.2, 0.25) is 0 Å². The number of thioether (sulfide) groups is 2. The largest absolute Gasteiger partial charge is 1.00 e. The van der Waals surface area contributed by atoms with Crippen LogP contribution < -0.4 is 34.0 Å². The van der Waals surface area contributed by atoms with E-state index in [9.17, 15) is 0 Å². The monoisotopic (exact) mass is 588 g/mol. The summed E-state index contributed by atoms with van der Waals surface area (Å²) in [5, 5.41) is 0. The third kappa shape index (κ3) is 25.3. The number of halogens is 2. The molecule has 0 atom stereocenters. The number of nitrogens with zero attached hydrogens (tertiary/aromatic N) is 2. The first-order valence-corrected chi connectivity index (χ1v) is 14.3. The molecule has 0 aliphatic heterocycles. The van der Waals surface area contributed by atoms with Gasteiger partial charge < -0.3 is 34.0 Å². The Balaban J connectivity index is -0.00000364. The Bertz CT molecular complexity index is 335. The Kier molecular flexibility index (Phi) is 35.6. The molecule has 0 aliphatic carbocycles. The van der Waals surface area contributed by atoms with E-state index in [0.29, 0.717) is 0 Å². The van der Waals surface area contributed by atoms with Crippen molar-refractivity contribution in [3.05, 3.63) is 0 Å². The molecule has 0 amide bonds. The highest BCUT2D eigenvalue weighted by atomic mass is 79.9. The van der Waals surface area contributed by atoms with Crippen LogP contribution in [0.3, 0.4) is 0 Å². The zero-order chi connectivity index (χ0) is 20.7. The van der Waals surface area contributed by atoms with Crippen LogP contribution in [0.15, 0.2) is 0 Å². The molecular weight excluding hydrogens is 540 g/mol. The lowest BCUT2D eigenvalue weighted by atomic mass is 10.2. The summed E-state index contributed by atoms with van der Waals surface area (Å²) in [6.07, 6.45) is 16.0. The molecule has 0 aliphatic rings. The second-order valence-corrected chi connectivity index (χ2v) is 9.76. The maximum Gasteiger partial charge on any atom is 0.198 e. The van der Waals surface area contributed by atoms with E-state index >= 15 is 0 Å². The average molecular weight is 591 g/mol. The Labute approximate surface area is 219 Å². The molecule has 0 heterocycles. The lowest BCUT2D eigenvalue weighted by Crippen LogP contribution is -3.00. The molecule has 0 saturated heterocycles. The normalized spacial score (nSPS) is 10.1. The average Bonchev–Trinajstić information content (AvgIpc) is 2.72. The Morgan fingerprint density at radius 1 is 0.467 bits per heavy atom. The fourth-order valence-electron chi connectivity index (χ4n) is 2.92. The molecule has 0 bridgehead atoms. The molecule has 0 N–H and O–H groups in total. The number of unbranched alkanes of at least 4 members (excludes halogenated alkanes) is 7. The smallest absolute Gasteiger partial charge is 0.198 e. The van der Waals surface area contributed by atoms with Crippen LogP contribution in [0.5, 0.6) is 0 Å². The zero-order valence-corrected chi connectivity index (χ0v) is 25.2. The zero-order valence-electron chi connectivity index (χ0n) is 20.3. The van der Waals surface area contributed by atoms with Crippen molar-refractivity contribution < 1.29 is 43.1 Å². The molecule has 0 fully saturated rings. The third-order valence-corrected chi connectivity index (χ3v) is 6.86. The van der Waals surface area contributed by atoms with Crippen LogP contribution in [0.1, 0.15) is 105 Å². The molecule has 0 spiro atoms. The predicted molar refractivity (Wildman–Crippen MR) is 135 cm³/mol. The van der Waals surface area contributed by atoms with Crippen LogP contribution in [-0.2, 0) is 0 Å². The van der Waals surface area contributed by atoms with Gasteiger partial charge in [0, 0.05) is 37.2 Å². The van der Waals surface area contributed by atoms with Gasteiger partial charge in [-0.15, -0.1) is 0 Å². The molecule has 0 aromatic rings. The van der Waals surface area contributed by atoms with E-state index in [-0.39, 0.29) is 34.0 Å². The van der Waals surface area contributed by atoms with Gasteiger partial charge in [0.05, 0.1) is 0 Å². The number of hydrogen-bond donors (Lipinski definition) is 0. The number of rotatable bonds is 21. The van der Waals surface area contributed by atoms with Gasteiger partial charge in [-0.1, -0.05) is 89.7 Å². The van der Waals surface area contributed by atoms with Crippen molar-refractivity contribution in [2.24, 2.45) is 0 Å². The van der Waals surface area contributed by atoms with Crippen molar-refractivity contribution in [2.75, 3.05) is 37.7 Å². The van der Waals surface area contributed by atoms with Gasteiger partial charge in [0.15, 0.2) is 11.1 Å². The van der Waals surface area contributed by atoms with E-state index in [1.807, 2.05) is 23.5 Å². The van der Waals surface area contributed by atoms with Crippen molar-refractivity contribution in [1.82, 2.24) is 0 Å². The third-order valence-electron chi connectivity index (χ3n) is 4.92.